The molecule has 2 fully saturated rings. The molecule has 1 aromatic carbocycles. The fourth-order valence-electron chi connectivity index (χ4n) is 5.48. The number of hydrogen-bond donors (Lipinski definition) is 1. The van der Waals surface area contributed by atoms with E-state index >= 15 is 8.78 Å². The third-order valence-corrected chi connectivity index (χ3v) is 7.94. The van der Waals surface area contributed by atoms with Gasteiger partial charge < -0.3 is 25.2 Å². The van der Waals surface area contributed by atoms with E-state index in [4.69, 9.17) is 10.5 Å². The second kappa shape index (κ2) is 11.6. The number of rotatable bonds is 5. The summed E-state index contributed by atoms with van der Waals surface area (Å²) in [6.45, 7) is 6.64. The number of amides is 1. The average molecular weight is 607 g/mol. The van der Waals surface area contributed by atoms with Crippen molar-refractivity contribution in [1.29, 1.82) is 0 Å². The highest BCUT2D eigenvalue weighted by atomic mass is 19.4. The maximum Gasteiger partial charge on any atom is 0.417 e. The highest BCUT2D eigenvalue weighted by Gasteiger charge is 2.37. The fourth-order valence-corrected chi connectivity index (χ4v) is 5.48. The molecule has 0 unspecified atom stereocenters. The molecule has 2 atom stereocenters. The summed E-state index contributed by atoms with van der Waals surface area (Å²) in [7, 11) is 1.89. The van der Waals surface area contributed by atoms with E-state index in [2.05, 4.69) is 4.98 Å². The largest absolute Gasteiger partial charge is 0.417 e. The van der Waals surface area contributed by atoms with Crippen LogP contribution >= 0.6 is 0 Å². The van der Waals surface area contributed by atoms with Gasteiger partial charge in [0.15, 0.2) is 5.82 Å². The molecule has 3 aromatic rings. The normalized spacial score (nSPS) is 20.0. The number of nitrogens with two attached hydrogens (primary N) is 1. The van der Waals surface area contributed by atoms with Crippen LogP contribution in [0.5, 0.6) is 0 Å². The van der Waals surface area contributed by atoms with Gasteiger partial charge in [0.1, 0.15) is 17.3 Å². The highest BCUT2D eigenvalue weighted by Crippen LogP contribution is 2.38. The van der Waals surface area contributed by atoms with Crippen molar-refractivity contribution < 1.29 is 31.5 Å². The molecule has 43 heavy (non-hydrogen) atoms. The average Bonchev–Trinajstić information content (AvgIpc) is 2.94. The fraction of sp³-hybridized carbons (Fsp3) is 0.414. The molecule has 0 aliphatic carbocycles. The standard InChI is InChI=1S/C29H31F5N6O3/c1-16-13-38(7-6-37(16)3)22-11-21(30)25(18-4-5-23(36-12-18)39-8-9-43-17(2)14-39)26(31)27(22)40-15-19(28(35)42)20(10-24(40)41)29(32,33)34/h4-5,10-12,15-17H,6-9,13-14H2,1-3H3,(H2,35,42)/t16-,17-/m0/s1. The van der Waals surface area contributed by atoms with Gasteiger partial charge in [-0.25, -0.2) is 13.8 Å². The molecule has 14 heteroatoms. The number of carbonyl (C=O) groups excluding carboxylic acids is 1. The predicted molar refractivity (Wildman–Crippen MR) is 151 cm³/mol. The van der Waals surface area contributed by atoms with Crippen LogP contribution in [0.25, 0.3) is 16.8 Å². The van der Waals surface area contributed by atoms with Crippen LogP contribution in [0.4, 0.5) is 33.5 Å². The monoisotopic (exact) mass is 606 g/mol. The molecule has 4 heterocycles. The van der Waals surface area contributed by atoms with Gasteiger partial charge in [-0.3, -0.25) is 14.2 Å². The Labute approximate surface area is 244 Å². The Morgan fingerprint density at radius 3 is 2.42 bits per heavy atom. The van der Waals surface area contributed by atoms with Crippen LogP contribution in [0.1, 0.15) is 29.8 Å². The van der Waals surface area contributed by atoms with Crippen LogP contribution in [0.3, 0.4) is 0 Å². The van der Waals surface area contributed by atoms with Gasteiger partial charge in [0.25, 0.3) is 11.5 Å². The molecule has 0 saturated carbocycles. The van der Waals surface area contributed by atoms with E-state index in [9.17, 15) is 22.8 Å². The highest BCUT2D eigenvalue weighted by molar-refractivity contribution is 5.94. The number of anilines is 2. The number of alkyl halides is 3. The van der Waals surface area contributed by atoms with Gasteiger partial charge in [-0.1, -0.05) is 0 Å². The first-order valence-corrected chi connectivity index (χ1v) is 13.7. The molecule has 2 aliphatic rings. The smallest absolute Gasteiger partial charge is 0.375 e. The van der Waals surface area contributed by atoms with E-state index in [0.717, 1.165) is 6.07 Å². The van der Waals surface area contributed by atoms with Gasteiger partial charge in [0, 0.05) is 68.9 Å². The van der Waals surface area contributed by atoms with Gasteiger partial charge in [-0.15, -0.1) is 0 Å². The van der Waals surface area contributed by atoms with Crippen LogP contribution in [0, 0.1) is 11.6 Å². The summed E-state index contributed by atoms with van der Waals surface area (Å²) < 4.78 is 79.6. The van der Waals surface area contributed by atoms with Crippen molar-refractivity contribution in [2.45, 2.75) is 32.2 Å². The quantitative estimate of drug-likeness (QED) is 0.443. The Hall–Kier alpha value is -4.04. The zero-order valence-corrected chi connectivity index (χ0v) is 23.8. The zero-order valence-electron chi connectivity index (χ0n) is 23.8. The number of nitrogens with zero attached hydrogens (tertiary/aromatic N) is 5. The number of aromatic nitrogens is 2. The molecule has 230 valence electrons. The SMILES string of the molecule is C[C@H]1CN(c2ccc(-c3c(F)cc(N4CCN(C)[C@@H](C)C4)c(-n4cc(C(N)=O)c(C(F)(F)F)cc4=O)c3F)cn2)CCO1. The van der Waals surface area contributed by atoms with E-state index in [0.29, 0.717) is 55.9 Å². The van der Waals surface area contributed by atoms with E-state index in [1.807, 2.05) is 30.7 Å². The minimum atomic E-state index is -5.07. The first kappa shape index (κ1) is 30.4. The van der Waals surface area contributed by atoms with Gasteiger partial charge in [-0.05, 0) is 33.0 Å². The van der Waals surface area contributed by atoms with Crippen molar-refractivity contribution in [2.75, 3.05) is 56.2 Å². The van der Waals surface area contributed by atoms with Crippen molar-refractivity contribution >= 4 is 17.4 Å². The molecule has 2 N–H and O–H groups in total. The number of primary amides is 1. The number of hydrogen-bond acceptors (Lipinski definition) is 7. The molecule has 0 bridgehead atoms. The number of ether oxygens (including phenoxy) is 1. The molecule has 2 aromatic heterocycles. The van der Waals surface area contributed by atoms with Gasteiger partial charge in [0.05, 0.1) is 35.1 Å². The number of carbonyl (C=O) groups is 1. The first-order valence-electron chi connectivity index (χ1n) is 13.7. The maximum atomic E-state index is 16.6. The second-order valence-corrected chi connectivity index (χ2v) is 10.9. The van der Waals surface area contributed by atoms with E-state index < -0.39 is 51.7 Å². The zero-order chi connectivity index (χ0) is 31.2. The number of pyridine rings is 2. The van der Waals surface area contributed by atoms with Gasteiger partial charge >= 0.3 is 6.18 Å². The topological polar surface area (TPSA) is 96.9 Å². The maximum absolute atomic E-state index is 16.6. The Kier molecular flexibility index (Phi) is 8.18. The van der Waals surface area contributed by atoms with E-state index in [-0.39, 0.29) is 29.5 Å². The van der Waals surface area contributed by atoms with Gasteiger partial charge in [-0.2, -0.15) is 13.2 Å². The van der Waals surface area contributed by atoms with Crippen molar-refractivity contribution in [3.05, 3.63) is 69.8 Å². The number of likely N-dealkylation sites (N-methyl/N-ethyl adjacent to an activating group) is 1. The van der Waals surface area contributed by atoms with Crippen molar-refractivity contribution in [3.8, 4) is 16.8 Å². The summed E-state index contributed by atoms with van der Waals surface area (Å²) in [6, 6.07) is 4.29. The molecular formula is C29H31F5N6O3. The molecule has 0 radical (unpaired) electrons. The molecule has 0 spiro atoms. The summed E-state index contributed by atoms with van der Waals surface area (Å²) in [6.07, 6.45) is -3.23. The lowest BCUT2D eigenvalue weighted by Crippen LogP contribution is -2.50. The van der Waals surface area contributed by atoms with Crippen molar-refractivity contribution in [1.82, 2.24) is 14.5 Å². The van der Waals surface area contributed by atoms with Gasteiger partial charge in [0.2, 0.25) is 0 Å². The third kappa shape index (κ3) is 5.93. The van der Waals surface area contributed by atoms with Crippen molar-refractivity contribution in [2.24, 2.45) is 5.73 Å². The van der Waals surface area contributed by atoms with Crippen molar-refractivity contribution in [3.63, 3.8) is 0 Å². The molecule has 9 nitrogen and oxygen atoms in total. The van der Waals surface area contributed by atoms with E-state index in [1.54, 1.807) is 11.0 Å². The molecular weight excluding hydrogens is 575 g/mol. The minimum Gasteiger partial charge on any atom is -0.375 e. The summed E-state index contributed by atoms with van der Waals surface area (Å²) in [5.74, 6) is -3.04. The minimum absolute atomic E-state index is 0.0233. The van der Waals surface area contributed by atoms with Crippen LogP contribution < -0.4 is 21.1 Å². The Balaban J connectivity index is 1.69. The molecule has 5 rings (SSSR count). The number of halogens is 5. The summed E-state index contributed by atoms with van der Waals surface area (Å²) in [5.41, 5.74) is 0.375. The predicted octanol–water partition coefficient (Wildman–Crippen LogP) is 3.66. The Bertz CT molecular complexity index is 1590. The van der Waals surface area contributed by atoms with Crippen LogP contribution in [0.15, 0.2) is 41.5 Å². The molecule has 2 saturated heterocycles. The number of benzene rings is 1. The van der Waals surface area contributed by atoms with Crippen LogP contribution in [-0.2, 0) is 10.9 Å². The Morgan fingerprint density at radius 2 is 1.81 bits per heavy atom. The molecule has 2 aliphatic heterocycles. The lowest BCUT2D eigenvalue weighted by molar-refractivity contribution is -0.138. The summed E-state index contributed by atoms with van der Waals surface area (Å²) in [5, 5.41) is 0. The third-order valence-electron chi connectivity index (χ3n) is 7.94. The van der Waals surface area contributed by atoms with Crippen LogP contribution in [-0.4, -0.2) is 78.9 Å². The second-order valence-electron chi connectivity index (χ2n) is 10.9. The van der Waals surface area contributed by atoms with Crippen LogP contribution in [0.2, 0.25) is 0 Å². The lowest BCUT2D eigenvalue weighted by atomic mass is 10.0. The number of morpholine rings is 1. The Morgan fingerprint density at radius 1 is 1.07 bits per heavy atom. The summed E-state index contributed by atoms with van der Waals surface area (Å²) >= 11 is 0. The lowest BCUT2D eigenvalue weighted by Gasteiger charge is -2.40. The first-order chi connectivity index (χ1) is 20.3. The molecule has 1 amide bonds. The summed E-state index contributed by atoms with van der Waals surface area (Å²) in [4.78, 5) is 35.3. The van der Waals surface area contributed by atoms with E-state index in [1.165, 1.54) is 12.3 Å². The number of piperazine rings is 1.